The van der Waals surface area contributed by atoms with Crippen molar-refractivity contribution in [3.05, 3.63) is 58.7 Å². The van der Waals surface area contributed by atoms with Crippen LogP contribution in [0.15, 0.2) is 35.4 Å². The molecule has 0 saturated carbocycles. The smallest absolute Gasteiger partial charge is 0.273 e. The van der Waals surface area contributed by atoms with Gasteiger partial charge in [0.05, 0.1) is 50.4 Å². The fourth-order valence-corrected chi connectivity index (χ4v) is 2.95. The third kappa shape index (κ3) is 5.20. The fourth-order valence-electron chi connectivity index (χ4n) is 2.95. The predicted octanol–water partition coefficient (Wildman–Crippen LogP) is 4.03. The van der Waals surface area contributed by atoms with E-state index in [2.05, 4.69) is 4.84 Å². The molecule has 0 radical (unpaired) electrons. The maximum atomic E-state index is 15.2. The van der Waals surface area contributed by atoms with Gasteiger partial charge in [0, 0.05) is 9.60 Å². The number of carbonyl (C=O) groups excluding carboxylic acids is 2. The van der Waals surface area contributed by atoms with Gasteiger partial charge < -0.3 is 14.8 Å². The minimum atomic E-state index is -3.85. The monoisotopic (exact) mass is 494 g/mol. The molecule has 0 aromatic heterocycles. The van der Waals surface area contributed by atoms with E-state index < -0.39 is 115 Å². The molecule has 1 aliphatic rings. The summed E-state index contributed by atoms with van der Waals surface area (Å²) in [6.45, 7) is -8.57. The lowest BCUT2D eigenvalue weighted by atomic mass is 10.0. The van der Waals surface area contributed by atoms with E-state index in [0.717, 1.165) is 18.2 Å². The van der Waals surface area contributed by atoms with Crippen LogP contribution in [0.4, 0.5) is 23.2 Å². The standard InChI is InChI=1S/C23H22F4N2O5/c1-3-4-8-34-13-7-5-6-12(9-13)16-17(24)19(26)21(20(27)18(16)25)28-22(30)14-10-33-11-15(14)23(31)29-32-2/h5-7,9H,3-4,8,10-11H2,1-2H3,(H,28,30)(H,29,31)/i1D3,2D3,3D2,4D2,8D2. The molecule has 3 rings (SSSR count). The van der Waals surface area contributed by atoms with Crippen LogP contribution in [0.1, 0.15) is 36.0 Å². The molecule has 11 heteroatoms. The van der Waals surface area contributed by atoms with Gasteiger partial charge in [0.15, 0.2) is 23.3 Å². The Kier molecular flexibility index (Phi) is 4.40. The highest BCUT2D eigenvalue weighted by Crippen LogP contribution is 2.36. The maximum absolute atomic E-state index is 15.2. The number of amides is 2. The SMILES string of the molecule is [2H]C([2H])([2H])ONC(=O)C1=C(C(=O)Nc2c(F)c(F)c(-c3cccc(OC([2H])([2H])C([2H])([2H])C([2H])([2H])C([2H])([2H])[2H])c3)c(F)c2F)COC1. The Bertz CT molecular complexity index is 1550. The molecule has 1 aliphatic heterocycles. The molecule has 0 fully saturated rings. The zero-order valence-corrected chi connectivity index (χ0v) is 16.8. The van der Waals surface area contributed by atoms with Crippen LogP contribution in [0.25, 0.3) is 11.1 Å². The summed E-state index contributed by atoms with van der Waals surface area (Å²) in [5, 5.41) is 1.59. The number of hydrogen-bond acceptors (Lipinski definition) is 5. The zero-order chi connectivity index (χ0) is 35.2. The Balaban J connectivity index is 1.96. The third-order valence-electron chi connectivity index (χ3n) is 4.46. The van der Waals surface area contributed by atoms with Crippen LogP contribution in [0.3, 0.4) is 0 Å². The minimum absolute atomic E-state index is 0.520. The number of hydroxylamine groups is 1. The second-order valence-electron chi connectivity index (χ2n) is 6.43. The summed E-state index contributed by atoms with van der Waals surface area (Å²) >= 11 is 0. The summed E-state index contributed by atoms with van der Waals surface area (Å²) in [5.74, 6) is -11.9. The van der Waals surface area contributed by atoms with Gasteiger partial charge in [0.1, 0.15) is 11.4 Å². The second kappa shape index (κ2) is 11.1. The largest absolute Gasteiger partial charge is 0.494 e. The van der Waals surface area contributed by atoms with E-state index in [1.807, 2.05) is 0 Å². The normalized spacial score (nSPS) is 20.5. The molecule has 0 unspecified atom stereocenters. The van der Waals surface area contributed by atoms with E-state index in [9.17, 15) is 9.59 Å². The second-order valence-corrected chi connectivity index (χ2v) is 6.43. The number of halogens is 4. The number of benzene rings is 2. The topological polar surface area (TPSA) is 85.9 Å². The van der Waals surface area contributed by atoms with E-state index in [4.69, 9.17) is 25.9 Å². The van der Waals surface area contributed by atoms with Crippen LogP contribution in [-0.2, 0) is 19.2 Å². The number of ether oxygens (including phenoxy) is 2. The third-order valence-corrected chi connectivity index (χ3v) is 4.46. The van der Waals surface area contributed by atoms with Gasteiger partial charge >= 0.3 is 0 Å². The van der Waals surface area contributed by atoms with E-state index in [0.29, 0.717) is 6.07 Å². The van der Waals surface area contributed by atoms with Crippen molar-refractivity contribution in [1.82, 2.24) is 5.48 Å². The van der Waals surface area contributed by atoms with Gasteiger partial charge in [-0.15, -0.1) is 0 Å². The van der Waals surface area contributed by atoms with Crippen LogP contribution in [-0.4, -0.2) is 38.6 Å². The van der Waals surface area contributed by atoms with Crippen molar-refractivity contribution in [3.63, 3.8) is 0 Å². The first-order chi connectivity index (χ1) is 20.8. The number of carbonyl (C=O) groups is 2. The van der Waals surface area contributed by atoms with Gasteiger partial charge in [-0.05, 0) is 24.1 Å². The highest BCUT2D eigenvalue weighted by molar-refractivity contribution is 6.10. The van der Waals surface area contributed by atoms with E-state index in [1.54, 1.807) is 5.32 Å². The fraction of sp³-hybridized carbons (Fsp3) is 0.304. The average Bonchev–Trinajstić information content (AvgIpc) is 3.42. The molecule has 0 saturated heterocycles. The van der Waals surface area contributed by atoms with Crippen molar-refractivity contribution in [1.29, 1.82) is 0 Å². The quantitative estimate of drug-likeness (QED) is 0.312. The Labute approximate surface area is 209 Å². The summed E-state index contributed by atoms with van der Waals surface area (Å²) in [5.41, 5.74) is -3.31. The number of anilines is 1. The first-order valence-corrected chi connectivity index (χ1v) is 9.09. The van der Waals surface area contributed by atoms with Crippen molar-refractivity contribution >= 4 is 17.5 Å². The van der Waals surface area contributed by atoms with Crippen LogP contribution in [0.2, 0.25) is 0 Å². The lowest BCUT2D eigenvalue weighted by Crippen LogP contribution is -2.27. The van der Waals surface area contributed by atoms with Gasteiger partial charge in [-0.1, -0.05) is 25.4 Å². The number of nitrogens with one attached hydrogen (secondary N) is 2. The Morgan fingerprint density at radius 3 is 2.47 bits per heavy atom. The molecule has 1 heterocycles. The predicted molar refractivity (Wildman–Crippen MR) is 114 cm³/mol. The highest BCUT2D eigenvalue weighted by atomic mass is 19.2. The van der Waals surface area contributed by atoms with Crippen LogP contribution in [0.5, 0.6) is 5.75 Å². The molecule has 34 heavy (non-hydrogen) atoms. The lowest BCUT2D eigenvalue weighted by molar-refractivity contribution is -0.127. The van der Waals surface area contributed by atoms with Gasteiger partial charge in [-0.3, -0.25) is 14.4 Å². The van der Waals surface area contributed by atoms with Crippen molar-refractivity contribution in [2.75, 3.05) is 32.1 Å². The molecule has 0 atom stereocenters. The van der Waals surface area contributed by atoms with Crippen LogP contribution >= 0.6 is 0 Å². The van der Waals surface area contributed by atoms with E-state index in [-0.39, 0.29) is 0 Å². The molecule has 7 nitrogen and oxygen atoms in total. The highest BCUT2D eigenvalue weighted by Gasteiger charge is 2.31. The van der Waals surface area contributed by atoms with Gasteiger partial charge in [0.25, 0.3) is 11.8 Å². The van der Waals surface area contributed by atoms with Crippen LogP contribution in [0, 0.1) is 23.3 Å². The van der Waals surface area contributed by atoms with Crippen molar-refractivity contribution in [3.8, 4) is 16.9 Å². The molecule has 2 aromatic rings. The van der Waals surface area contributed by atoms with Crippen molar-refractivity contribution < 1.29 is 57.9 Å². The van der Waals surface area contributed by atoms with E-state index in [1.165, 1.54) is 5.48 Å². The molecule has 2 amide bonds. The summed E-state index contributed by atoms with van der Waals surface area (Å²) in [4.78, 5) is 29.0. The maximum Gasteiger partial charge on any atom is 0.273 e. The molecular weight excluding hydrogens is 460 g/mol. The Hall–Kier alpha value is -3.44. The van der Waals surface area contributed by atoms with Gasteiger partial charge in [-0.25, -0.2) is 23.0 Å². The van der Waals surface area contributed by atoms with Gasteiger partial charge in [0.2, 0.25) is 0 Å². The molecule has 0 aliphatic carbocycles. The molecule has 182 valence electrons. The van der Waals surface area contributed by atoms with Crippen LogP contribution < -0.4 is 15.5 Å². The molecule has 0 spiro atoms. The number of rotatable bonds is 9. The summed E-state index contributed by atoms with van der Waals surface area (Å²) < 4.78 is 159. The Morgan fingerprint density at radius 2 is 1.79 bits per heavy atom. The van der Waals surface area contributed by atoms with Crippen molar-refractivity contribution in [2.45, 2.75) is 19.6 Å². The van der Waals surface area contributed by atoms with E-state index >= 15 is 17.6 Å². The minimum Gasteiger partial charge on any atom is -0.494 e. The average molecular weight is 495 g/mol. The lowest BCUT2D eigenvalue weighted by Gasteiger charge is -2.14. The summed E-state index contributed by atoms with van der Waals surface area (Å²) in [6.07, 6.45) is -7.65. The molecule has 0 bridgehead atoms. The van der Waals surface area contributed by atoms with Gasteiger partial charge in [-0.2, -0.15) is 0 Å². The first kappa shape index (κ1) is 13.4. The molecular formula is C23H22F4N2O5. The summed E-state index contributed by atoms with van der Waals surface area (Å²) in [6, 6.07) is 3.32. The number of hydrogen-bond donors (Lipinski definition) is 2. The zero-order valence-electron chi connectivity index (χ0n) is 28.8. The Morgan fingerprint density at radius 1 is 1.09 bits per heavy atom. The summed E-state index contributed by atoms with van der Waals surface area (Å²) in [7, 11) is -3.07. The first-order valence-electron chi connectivity index (χ1n) is 15.1. The van der Waals surface area contributed by atoms with Crippen molar-refractivity contribution in [2.24, 2.45) is 0 Å². The molecule has 2 N–H and O–H groups in total. The molecule has 2 aromatic carbocycles.